The molecule has 2 atom stereocenters. The van der Waals surface area contributed by atoms with Gasteiger partial charge in [0.05, 0.1) is 0 Å². The highest BCUT2D eigenvalue weighted by molar-refractivity contribution is 7.63. The summed E-state index contributed by atoms with van der Waals surface area (Å²) in [6.45, 7) is 0. The summed E-state index contributed by atoms with van der Waals surface area (Å²) < 4.78 is 9.72. The monoisotopic (exact) mass is 158 g/mol. The molecule has 0 amide bonds. The van der Waals surface area contributed by atoms with E-state index in [2.05, 4.69) is 5.50 Å². The van der Waals surface area contributed by atoms with E-state index in [0.717, 1.165) is 0 Å². The van der Waals surface area contributed by atoms with Crippen molar-refractivity contribution in [3.63, 3.8) is 0 Å². The van der Waals surface area contributed by atoms with Crippen molar-refractivity contribution in [2.45, 2.75) is 0 Å². The number of hydrogen-bond acceptors (Lipinski definition) is 2. The van der Waals surface area contributed by atoms with Gasteiger partial charge >= 0.3 is 8.18 Å². The molecule has 0 bridgehead atoms. The lowest BCUT2D eigenvalue weighted by atomic mass is 13.8. The van der Waals surface area contributed by atoms with Crippen molar-refractivity contribution in [3.05, 3.63) is 0 Å². The van der Waals surface area contributed by atoms with Gasteiger partial charge in [0.2, 0.25) is 0 Å². The molecule has 0 aliphatic rings. The van der Waals surface area contributed by atoms with Crippen molar-refractivity contribution in [1.29, 1.82) is 5.16 Å². The molecule has 2 unspecified atom stereocenters. The fraction of sp³-hybridized carbons (Fsp3) is 0. The number of hydrogen-bond donors (Lipinski definition) is 5. The van der Waals surface area contributed by atoms with Crippen molar-refractivity contribution in [3.8, 4) is 0 Å². The Kier molecular flexibility index (Phi) is 2.70. The van der Waals surface area contributed by atoms with Crippen LogP contribution in [0.1, 0.15) is 0 Å². The lowest BCUT2D eigenvalue weighted by Crippen LogP contribution is -2.05. The zero-order valence-corrected chi connectivity index (χ0v) is 5.56. The molecular weight excluding hydrogens is 152 g/mol. The quantitative estimate of drug-likeness (QED) is 0.353. The molecule has 0 saturated heterocycles. The maximum absolute atomic E-state index is 9.72. The Morgan fingerprint density at radius 1 is 1.88 bits per heavy atom. The van der Waals surface area contributed by atoms with Gasteiger partial charge in [0.1, 0.15) is 0 Å². The van der Waals surface area contributed by atoms with Gasteiger partial charge in [-0.2, -0.15) is 0 Å². The van der Waals surface area contributed by atoms with Gasteiger partial charge in [0.15, 0.2) is 0 Å². The van der Waals surface area contributed by atoms with Crippen molar-refractivity contribution in [1.82, 2.24) is 4.86 Å². The van der Waals surface area contributed by atoms with Crippen molar-refractivity contribution < 1.29 is 14.4 Å². The molecule has 0 saturated carbocycles. The summed E-state index contributed by atoms with van der Waals surface area (Å²) in [4.78, 5) is 17.8. The first kappa shape index (κ1) is 8.17. The Labute approximate surface area is 46.7 Å². The van der Waals surface area contributed by atoms with Crippen LogP contribution in [0.5, 0.6) is 0 Å². The summed E-state index contributed by atoms with van der Waals surface area (Å²) in [6, 6.07) is 0. The van der Waals surface area contributed by atoms with Crippen LogP contribution < -0.4 is 10.4 Å². The third-order valence-electron chi connectivity index (χ3n) is 0.238. The molecule has 0 aromatic carbocycles. The third kappa shape index (κ3) is 6.17. The van der Waals surface area contributed by atoms with Crippen molar-refractivity contribution in [2.75, 3.05) is 0 Å². The second-order valence-corrected chi connectivity index (χ2v) is 3.78. The molecule has 0 aliphatic heterocycles. The zero-order valence-electron chi connectivity index (χ0n) is 3.77. The average molecular weight is 158 g/mol. The maximum Gasteiger partial charge on any atom is 0.618 e. The first-order valence-electron chi connectivity index (χ1n) is 1.51. The van der Waals surface area contributed by atoms with Crippen LogP contribution in [0, 0.1) is 5.16 Å². The molecule has 0 rings (SSSR count). The molecule has 6 nitrogen and oxygen atoms in total. The lowest BCUT2D eigenvalue weighted by Gasteiger charge is -1.96. The van der Waals surface area contributed by atoms with Crippen molar-refractivity contribution >= 4 is 15.8 Å². The minimum atomic E-state index is -3.51. The topological polar surface area (TPSA) is 119 Å². The van der Waals surface area contributed by atoms with Gasteiger partial charge in [0, 0.05) is 0 Å². The summed E-state index contributed by atoms with van der Waals surface area (Å²) >= 11 is 0. The Morgan fingerprint density at radius 2 is 2.25 bits per heavy atom. The SMILES string of the molecule is N=P(N)(O)N[P+](=O)O. The van der Waals surface area contributed by atoms with E-state index in [9.17, 15) is 4.57 Å². The predicted molar refractivity (Wildman–Crippen MR) is 29.0 cm³/mol. The molecule has 6 N–H and O–H groups in total. The second kappa shape index (κ2) is 2.64. The van der Waals surface area contributed by atoms with Gasteiger partial charge in [-0.3, -0.25) is 10.7 Å². The Balaban J connectivity index is 3.74. The van der Waals surface area contributed by atoms with Gasteiger partial charge in [-0.05, 0) is 9.42 Å². The van der Waals surface area contributed by atoms with Crippen LogP contribution in [0.3, 0.4) is 0 Å². The fourth-order valence-electron chi connectivity index (χ4n) is 0.130. The maximum atomic E-state index is 9.72. The first-order valence-corrected chi connectivity index (χ1v) is 4.53. The molecule has 0 radical (unpaired) electrons. The molecule has 48 valence electrons. The van der Waals surface area contributed by atoms with Crippen LogP contribution in [0.25, 0.3) is 0 Å². The van der Waals surface area contributed by atoms with Crippen molar-refractivity contribution in [2.24, 2.45) is 5.50 Å². The van der Waals surface area contributed by atoms with Crippen LogP contribution in [0.4, 0.5) is 0 Å². The third-order valence-corrected chi connectivity index (χ3v) is 2.14. The molecule has 8 heavy (non-hydrogen) atoms. The molecule has 0 aromatic heterocycles. The van der Waals surface area contributed by atoms with Crippen LogP contribution in [0.2, 0.25) is 0 Å². The van der Waals surface area contributed by atoms with Crippen LogP contribution in [-0.4, -0.2) is 9.79 Å². The van der Waals surface area contributed by atoms with Gasteiger partial charge in [0.25, 0.3) is 7.58 Å². The number of rotatable bonds is 2. The van der Waals surface area contributed by atoms with Gasteiger partial charge in [-0.15, -0.1) is 4.89 Å². The Bertz CT molecular complexity index is 135. The molecule has 0 aliphatic carbocycles. The Hall–Kier alpha value is 0.170. The normalized spacial score (nSPS) is 19.6. The van der Waals surface area contributed by atoms with Gasteiger partial charge < -0.3 is 4.89 Å². The van der Waals surface area contributed by atoms with E-state index < -0.39 is 15.8 Å². The minimum Gasteiger partial charge on any atom is -0.335 e. The molecule has 0 heterocycles. The fourth-order valence-corrected chi connectivity index (χ4v) is 1.17. The predicted octanol–water partition coefficient (Wildman–Crippen LogP) is -0.298. The summed E-state index contributed by atoms with van der Waals surface area (Å²) in [7, 11) is -6.21. The van der Waals surface area contributed by atoms with E-state index >= 15 is 0 Å². The highest BCUT2D eigenvalue weighted by Crippen LogP contribution is 2.31. The molecule has 0 fully saturated rings. The average Bonchev–Trinajstić information content (AvgIpc) is 1.21. The largest absolute Gasteiger partial charge is 0.618 e. The number of nitrogens with two attached hydrogens (primary N) is 1. The summed E-state index contributed by atoms with van der Waals surface area (Å²) in [5.41, 5.74) is 4.61. The van der Waals surface area contributed by atoms with Gasteiger partial charge in [-0.1, -0.05) is 0 Å². The zero-order chi connectivity index (χ0) is 6.78. The van der Waals surface area contributed by atoms with Crippen LogP contribution in [-0.2, 0) is 4.57 Å². The van der Waals surface area contributed by atoms with Crippen LogP contribution in [0.15, 0.2) is 0 Å². The Morgan fingerprint density at radius 3 is 2.25 bits per heavy atom. The van der Waals surface area contributed by atoms with Gasteiger partial charge in [-0.25, -0.2) is 0 Å². The molecule has 0 spiro atoms. The first-order chi connectivity index (χ1) is 3.42. The highest BCUT2D eigenvalue weighted by atomic mass is 31.2. The molecular formula is H6N3O3P2+. The molecule has 8 heteroatoms. The highest BCUT2D eigenvalue weighted by Gasteiger charge is 2.19. The van der Waals surface area contributed by atoms with E-state index in [1.165, 1.54) is 0 Å². The van der Waals surface area contributed by atoms with Crippen LogP contribution >= 0.6 is 15.8 Å². The second-order valence-electron chi connectivity index (χ2n) is 1.06. The lowest BCUT2D eigenvalue weighted by molar-refractivity contribution is 0.496. The molecule has 0 aromatic rings. The van der Waals surface area contributed by atoms with E-state index in [1.54, 1.807) is 4.86 Å². The van der Waals surface area contributed by atoms with E-state index in [4.69, 9.17) is 14.9 Å². The standard InChI is InChI=1S/H5N3O3P2/c1-8(2,6)3-7(4)5/h(H5-,1,2,3,4,5,6)/p+1. The minimum absolute atomic E-state index is 1.56. The smallest absolute Gasteiger partial charge is 0.335 e. The van der Waals surface area contributed by atoms with E-state index in [0.29, 0.717) is 0 Å². The summed E-state index contributed by atoms with van der Waals surface area (Å²) in [5, 5.41) is 6.45. The number of nitrogens with one attached hydrogen (secondary N) is 2. The van der Waals surface area contributed by atoms with E-state index in [-0.39, 0.29) is 0 Å². The summed E-state index contributed by atoms with van der Waals surface area (Å²) in [6.07, 6.45) is 0. The summed E-state index contributed by atoms with van der Waals surface area (Å²) in [5.74, 6) is 0. The van der Waals surface area contributed by atoms with E-state index in [1.807, 2.05) is 0 Å².